The van der Waals surface area contributed by atoms with Gasteiger partial charge in [-0.1, -0.05) is 64.0 Å². The van der Waals surface area contributed by atoms with Gasteiger partial charge in [-0.3, -0.25) is 4.55 Å². The monoisotopic (exact) mass is 444 g/mol. The summed E-state index contributed by atoms with van der Waals surface area (Å²) in [4.78, 5) is -0.468. The number of hydrogen-bond acceptors (Lipinski definition) is 4. The number of ether oxygens (including phenoxy) is 1. The Labute approximate surface area is 217 Å². The summed E-state index contributed by atoms with van der Waals surface area (Å²) in [5, 5.41) is 11.6. The van der Waals surface area contributed by atoms with Crippen LogP contribution in [0.15, 0.2) is 47.4 Å². The molecule has 0 unspecified atom stereocenters. The third kappa shape index (κ3) is 10.4. The summed E-state index contributed by atoms with van der Waals surface area (Å²) in [7, 11) is -4.45. The number of aryl methyl sites for hydroxylation is 1. The van der Waals surface area contributed by atoms with Crippen molar-refractivity contribution in [3.8, 4) is 17.2 Å². The van der Waals surface area contributed by atoms with Crippen LogP contribution in [0.5, 0.6) is 17.2 Å². The maximum Gasteiger partial charge on any atom is 1.00 e. The molecule has 29 heavy (non-hydrogen) atoms. The minimum atomic E-state index is -4.45. The standard InChI is InChI=1S/C22H30O5S.K/c1-2-3-4-5-6-7-8-9-11-18-12-10-13-20(14-18)27-21-15-19(23)16-22(17-21)28(24,25)26;/h10,12-17,23H,2-9,11H2,1H3,(H,24,25,26);/q;+1/p-1. The molecule has 0 spiro atoms. The van der Waals surface area contributed by atoms with Crippen LogP contribution in [0.3, 0.4) is 0 Å². The molecule has 0 aliphatic carbocycles. The van der Waals surface area contributed by atoms with Crippen molar-refractivity contribution in [3.63, 3.8) is 0 Å². The summed E-state index contributed by atoms with van der Waals surface area (Å²) in [6.45, 7) is 2.22. The predicted octanol–water partition coefficient (Wildman–Crippen LogP) is 2.49. The van der Waals surface area contributed by atoms with Gasteiger partial charge in [-0.05, 0) is 42.7 Å². The maximum atomic E-state index is 11.6. The van der Waals surface area contributed by atoms with Crippen LogP contribution in [0, 0.1) is 0 Å². The third-order valence-electron chi connectivity index (χ3n) is 4.60. The third-order valence-corrected chi connectivity index (χ3v) is 5.44. The van der Waals surface area contributed by atoms with Crippen LogP contribution in [-0.2, 0) is 16.5 Å². The average molecular weight is 445 g/mol. The van der Waals surface area contributed by atoms with E-state index in [-0.39, 0.29) is 57.1 Å². The van der Waals surface area contributed by atoms with Crippen molar-refractivity contribution in [2.24, 2.45) is 0 Å². The van der Waals surface area contributed by atoms with Gasteiger partial charge in [-0.15, -0.1) is 5.75 Å². The first-order valence-electron chi connectivity index (χ1n) is 9.95. The zero-order chi connectivity index (χ0) is 20.4. The molecule has 0 aliphatic rings. The molecule has 2 aromatic rings. The molecule has 2 rings (SSSR count). The SMILES string of the molecule is CCCCCCCCCCc1cccc(Oc2cc([O-])cc(S(=O)(=O)O)c2)c1.[K+]. The van der Waals surface area contributed by atoms with Gasteiger partial charge in [-0.25, -0.2) is 0 Å². The van der Waals surface area contributed by atoms with Crippen LogP contribution in [0.2, 0.25) is 0 Å². The van der Waals surface area contributed by atoms with Crippen LogP contribution in [-0.4, -0.2) is 13.0 Å². The number of hydrogen-bond donors (Lipinski definition) is 1. The molecule has 0 bridgehead atoms. The summed E-state index contributed by atoms with van der Waals surface area (Å²) in [5.41, 5.74) is 1.14. The van der Waals surface area contributed by atoms with E-state index >= 15 is 0 Å². The Morgan fingerprint density at radius 2 is 1.55 bits per heavy atom. The van der Waals surface area contributed by atoms with Crippen molar-refractivity contribution in [1.29, 1.82) is 0 Å². The Morgan fingerprint density at radius 1 is 0.897 bits per heavy atom. The molecule has 0 saturated heterocycles. The van der Waals surface area contributed by atoms with Gasteiger partial charge in [0.2, 0.25) is 0 Å². The average Bonchev–Trinajstić information content (AvgIpc) is 2.63. The quantitative estimate of drug-likeness (QED) is 0.309. The molecule has 1 N–H and O–H groups in total. The summed E-state index contributed by atoms with van der Waals surface area (Å²) in [6.07, 6.45) is 11.1. The fourth-order valence-corrected chi connectivity index (χ4v) is 3.65. The van der Waals surface area contributed by atoms with Gasteiger partial charge < -0.3 is 9.84 Å². The molecule has 2 aromatic carbocycles. The van der Waals surface area contributed by atoms with E-state index in [9.17, 15) is 13.5 Å². The molecular formula is C22H29KO5S. The van der Waals surface area contributed by atoms with Gasteiger partial charge in [0.25, 0.3) is 10.1 Å². The van der Waals surface area contributed by atoms with Crippen LogP contribution in [0.25, 0.3) is 0 Å². The van der Waals surface area contributed by atoms with Crippen molar-refractivity contribution in [3.05, 3.63) is 48.0 Å². The first-order chi connectivity index (χ1) is 13.4. The zero-order valence-corrected chi connectivity index (χ0v) is 21.3. The van der Waals surface area contributed by atoms with Gasteiger partial charge in [0, 0.05) is 6.07 Å². The summed E-state index contributed by atoms with van der Waals surface area (Å²) in [6, 6.07) is 10.7. The molecule has 154 valence electrons. The van der Waals surface area contributed by atoms with Crippen molar-refractivity contribution < 1.29 is 74.2 Å². The molecule has 0 aliphatic heterocycles. The Balaban J connectivity index is 0.00000420. The van der Waals surface area contributed by atoms with Crippen molar-refractivity contribution in [2.75, 3.05) is 0 Å². The van der Waals surface area contributed by atoms with Gasteiger partial charge >= 0.3 is 51.4 Å². The van der Waals surface area contributed by atoms with E-state index in [4.69, 9.17) is 9.29 Å². The molecule has 0 heterocycles. The van der Waals surface area contributed by atoms with E-state index in [0.29, 0.717) is 5.75 Å². The zero-order valence-electron chi connectivity index (χ0n) is 17.4. The largest absolute Gasteiger partial charge is 1.00 e. The number of rotatable bonds is 12. The van der Waals surface area contributed by atoms with Crippen molar-refractivity contribution >= 4 is 10.1 Å². The molecule has 0 aromatic heterocycles. The van der Waals surface area contributed by atoms with Gasteiger partial charge in [0.1, 0.15) is 11.5 Å². The summed E-state index contributed by atoms with van der Waals surface area (Å²) in [5.74, 6) is 0.0773. The Morgan fingerprint density at radius 3 is 2.21 bits per heavy atom. The first-order valence-corrected chi connectivity index (χ1v) is 11.4. The van der Waals surface area contributed by atoms with Crippen molar-refractivity contribution in [2.45, 2.75) is 69.6 Å². The minimum absolute atomic E-state index is 0. The smallest absolute Gasteiger partial charge is 0.872 e. The Kier molecular flexibility index (Phi) is 12.7. The van der Waals surface area contributed by atoms with E-state index in [1.165, 1.54) is 51.0 Å². The molecule has 0 amide bonds. The van der Waals surface area contributed by atoms with Gasteiger partial charge in [-0.2, -0.15) is 8.42 Å². The normalized spacial score (nSPS) is 11.1. The fourth-order valence-electron chi connectivity index (χ4n) is 3.12. The molecule has 0 atom stereocenters. The van der Waals surface area contributed by atoms with E-state index in [1.54, 1.807) is 6.07 Å². The number of unbranched alkanes of at least 4 members (excludes halogenated alkanes) is 7. The number of benzene rings is 2. The molecule has 0 radical (unpaired) electrons. The Hall–Kier alpha value is -0.414. The summed E-state index contributed by atoms with van der Waals surface area (Å²) >= 11 is 0. The van der Waals surface area contributed by atoms with Crippen LogP contribution in [0.4, 0.5) is 0 Å². The van der Waals surface area contributed by atoms with Crippen LogP contribution >= 0.6 is 0 Å². The van der Waals surface area contributed by atoms with Crippen LogP contribution in [0.1, 0.15) is 63.9 Å². The molecule has 7 heteroatoms. The second-order valence-corrected chi connectivity index (χ2v) is 8.51. The minimum Gasteiger partial charge on any atom is -0.872 e. The second-order valence-electron chi connectivity index (χ2n) is 7.09. The van der Waals surface area contributed by atoms with E-state index < -0.39 is 20.8 Å². The topological polar surface area (TPSA) is 86.7 Å². The van der Waals surface area contributed by atoms with Gasteiger partial charge in [0.05, 0.1) is 4.90 Å². The van der Waals surface area contributed by atoms with Crippen molar-refractivity contribution in [1.82, 2.24) is 0 Å². The van der Waals surface area contributed by atoms with Gasteiger partial charge in [0.15, 0.2) is 0 Å². The second kappa shape index (κ2) is 13.8. The molecular weight excluding hydrogens is 415 g/mol. The molecule has 0 fully saturated rings. The van der Waals surface area contributed by atoms with E-state index in [1.807, 2.05) is 18.2 Å². The van der Waals surface area contributed by atoms with E-state index in [0.717, 1.165) is 30.5 Å². The summed E-state index contributed by atoms with van der Waals surface area (Å²) < 4.78 is 37.3. The Bertz CT molecular complexity index is 852. The molecule has 0 saturated carbocycles. The molecule has 5 nitrogen and oxygen atoms in total. The first kappa shape index (κ1) is 26.6. The predicted molar refractivity (Wildman–Crippen MR) is 109 cm³/mol. The fraction of sp³-hybridized carbons (Fsp3) is 0.455. The van der Waals surface area contributed by atoms with Crippen LogP contribution < -0.4 is 61.2 Å². The maximum absolute atomic E-state index is 11.6. The van der Waals surface area contributed by atoms with E-state index in [2.05, 4.69) is 6.92 Å².